The second-order valence-electron chi connectivity index (χ2n) is 6.82. The van der Waals surface area contributed by atoms with Crippen molar-refractivity contribution in [2.24, 2.45) is 0 Å². The van der Waals surface area contributed by atoms with Gasteiger partial charge < -0.3 is 28.4 Å². The van der Waals surface area contributed by atoms with E-state index in [9.17, 15) is 9.59 Å². The number of aromatic amines is 2. The van der Waals surface area contributed by atoms with Crippen LogP contribution in [0.5, 0.6) is 23.0 Å². The van der Waals surface area contributed by atoms with Gasteiger partial charge in [0.15, 0.2) is 23.0 Å². The highest BCUT2D eigenvalue weighted by atomic mass is 16.6. The molecule has 32 heavy (non-hydrogen) atoms. The molecule has 0 fully saturated rings. The number of aromatic nitrogens is 2. The molecule has 2 heterocycles. The third-order valence-corrected chi connectivity index (χ3v) is 4.65. The van der Waals surface area contributed by atoms with E-state index in [1.807, 2.05) is 24.3 Å². The minimum Gasteiger partial charge on any atom is -0.487 e. The molecule has 1 aliphatic heterocycles. The first kappa shape index (κ1) is 21.7. The van der Waals surface area contributed by atoms with E-state index in [-0.39, 0.29) is 24.0 Å². The Balaban J connectivity index is 1.48. The fourth-order valence-corrected chi connectivity index (χ4v) is 3.14. The summed E-state index contributed by atoms with van der Waals surface area (Å²) in [6, 6.07) is 10.4. The minimum atomic E-state index is -0.428. The number of fused-ring (bicyclic) bond motifs is 3. The van der Waals surface area contributed by atoms with Gasteiger partial charge in [0, 0.05) is 0 Å². The van der Waals surface area contributed by atoms with Gasteiger partial charge in [0.05, 0.1) is 37.2 Å². The molecule has 0 amide bonds. The predicted molar refractivity (Wildman–Crippen MR) is 115 cm³/mol. The van der Waals surface area contributed by atoms with E-state index >= 15 is 0 Å². The Labute approximate surface area is 182 Å². The Kier molecular flexibility index (Phi) is 7.26. The van der Waals surface area contributed by atoms with Crippen molar-refractivity contribution in [1.29, 1.82) is 0 Å². The highest BCUT2D eigenvalue weighted by Gasteiger charge is 2.13. The molecule has 0 aliphatic carbocycles. The number of ether oxygens (including phenoxy) is 6. The summed E-state index contributed by atoms with van der Waals surface area (Å²) in [5.41, 5.74) is -0.857. The molecule has 1 aliphatic rings. The topological polar surface area (TPSA) is 121 Å². The zero-order valence-corrected chi connectivity index (χ0v) is 17.4. The van der Waals surface area contributed by atoms with E-state index in [2.05, 4.69) is 10.2 Å². The fourth-order valence-electron chi connectivity index (χ4n) is 3.14. The lowest BCUT2D eigenvalue weighted by molar-refractivity contribution is 0.0641. The summed E-state index contributed by atoms with van der Waals surface area (Å²) >= 11 is 0. The molecule has 0 saturated heterocycles. The molecule has 0 saturated carbocycles. The zero-order valence-electron chi connectivity index (χ0n) is 17.4. The van der Waals surface area contributed by atoms with Gasteiger partial charge in [-0.15, -0.1) is 0 Å². The first-order valence-corrected chi connectivity index (χ1v) is 10.3. The molecular weight excluding hydrogens is 420 g/mol. The number of nitrogens with one attached hydrogen (secondary N) is 2. The molecule has 0 unspecified atom stereocenters. The number of para-hydroxylation sites is 2. The highest BCUT2D eigenvalue weighted by Crippen LogP contribution is 2.30. The van der Waals surface area contributed by atoms with Crippen LogP contribution in [-0.2, 0) is 9.47 Å². The normalized spacial score (nSPS) is 16.1. The van der Waals surface area contributed by atoms with Gasteiger partial charge in [0.1, 0.15) is 26.4 Å². The summed E-state index contributed by atoms with van der Waals surface area (Å²) in [5.74, 6) is 1.95. The van der Waals surface area contributed by atoms with Gasteiger partial charge in [-0.25, -0.2) is 0 Å². The van der Waals surface area contributed by atoms with E-state index < -0.39 is 11.1 Å². The van der Waals surface area contributed by atoms with E-state index in [0.717, 1.165) is 0 Å². The molecule has 0 atom stereocenters. The minimum absolute atomic E-state index is 0.208. The van der Waals surface area contributed by atoms with Gasteiger partial charge >= 0.3 is 0 Å². The van der Waals surface area contributed by atoms with Crippen molar-refractivity contribution >= 4 is 10.8 Å². The van der Waals surface area contributed by atoms with E-state index in [0.29, 0.717) is 62.6 Å². The van der Waals surface area contributed by atoms with Gasteiger partial charge in [-0.3, -0.25) is 19.8 Å². The van der Waals surface area contributed by atoms with Gasteiger partial charge in [-0.05, 0) is 24.3 Å². The number of H-pyrrole nitrogens is 2. The van der Waals surface area contributed by atoms with Crippen molar-refractivity contribution in [2.75, 3.05) is 52.9 Å². The molecule has 3 aromatic rings. The Morgan fingerprint density at radius 2 is 0.906 bits per heavy atom. The maximum absolute atomic E-state index is 12.1. The Morgan fingerprint density at radius 1 is 0.531 bits per heavy atom. The summed E-state index contributed by atoms with van der Waals surface area (Å²) < 4.78 is 34.2. The summed E-state index contributed by atoms with van der Waals surface area (Å²) in [6.07, 6.45) is 0. The third kappa shape index (κ3) is 5.40. The van der Waals surface area contributed by atoms with Gasteiger partial charge in [0.25, 0.3) is 11.1 Å². The van der Waals surface area contributed by atoms with Crippen LogP contribution in [0.25, 0.3) is 10.8 Å². The lowest BCUT2D eigenvalue weighted by Gasteiger charge is -2.15. The van der Waals surface area contributed by atoms with Crippen LogP contribution in [0.15, 0.2) is 46.0 Å². The number of benzene rings is 2. The number of rotatable bonds is 0. The highest BCUT2D eigenvalue weighted by molar-refractivity contribution is 5.84. The Bertz CT molecular complexity index is 1070. The monoisotopic (exact) mass is 444 g/mol. The first-order valence-electron chi connectivity index (χ1n) is 10.3. The quantitative estimate of drug-likeness (QED) is 0.535. The van der Waals surface area contributed by atoms with E-state index in [1.165, 1.54) is 12.1 Å². The number of hydrogen-bond donors (Lipinski definition) is 2. The molecule has 1 aromatic heterocycles. The molecule has 0 spiro atoms. The third-order valence-electron chi connectivity index (χ3n) is 4.65. The van der Waals surface area contributed by atoms with Crippen LogP contribution in [-0.4, -0.2) is 63.1 Å². The van der Waals surface area contributed by atoms with E-state index in [1.54, 1.807) is 0 Å². The maximum atomic E-state index is 12.1. The second-order valence-corrected chi connectivity index (χ2v) is 6.82. The van der Waals surface area contributed by atoms with Crippen LogP contribution in [0.4, 0.5) is 0 Å². The van der Waals surface area contributed by atoms with Crippen molar-refractivity contribution in [3.05, 3.63) is 57.1 Å². The molecule has 0 radical (unpaired) electrons. The van der Waals surface area contributed by atoms with Crippen LogP contribution >= 0.6 is 0 Å². The van der Waals surface area contributed by atoms with Crippen molar-refractivity contribution in [1.82, 2.24) is 10.2 Å². The van der Waals surface area contributed by atoms with Gasteiger partial charge in [-0.2, -0.15) is 0 Å². The van der Waals surface area contributed by atoms with Gasteiger partial charge in [0.2, 0.25) is 0 Å². The molecule has 4 rings (SSSR count). The summed E-state index contributed by atoms with van der Waals surface area (Å²) in [4.78, 5) is 24.2. The van der Waals surface area contributed by atoms with Crippen LogP contribution in [0, 0.1) is 0 Å². The molecule has 170 valence electrons. The molecule has 10 heteroatoms. The largest absolute Gasteiger partial charge is 0.487 e. The second kappa shape index (κ2) is 10.7. The van der Waals surface area contributed by atoms with Gasteiger partial charge in [-0.1, -0.05) is 12.1 Å². The Hall–Kier alpha value is -3.50. The fraction of sp³-hybridized carbons (Fsp3) is 0.364. The molecule has 2 N–H and O–H groups in total. The summed E-state index contributed by atoms with van der Waals surface area (Å²) in [7, 11) is 0. The Morgan fingerprint density at radius 3 is 1.31 bits per heavy atom. The predicted octanol–water partition coefficient (Wildman–Crippen LogP) is 1.48. The van der Waals surface area contributed by atoms with Crippen molar-refractivity contribution < 1.29 is 28.4 Å². The summed E-state index contributed by atoms with van der Waals surface area (Å²) in [5, 5.41) is 5.02. The molecule has 2 aromatic carbocycles. The first-order chi connectivity index (χ1) is 15.7. The van der Waals surface area contributed by atoms with E-state index in [4.69, 9.17) is 28.4 Å². The average molecular weight is 444 g/mol. The van der Waals surface area contributed by atoms with Crippen LogP contribution in [0.1, 0.15) is 0 Å². The molecular formula is C22H24N2O8. The maximum Gasteiger partial charge on any atom is 0.270 e. The van der Waals surface area contributed by atoms with Crippen LogP contribution < -0.4 is 30.1 Å². The zero-order chi connectivity index (χ0) is 22.2. The molecule has 10 nitrogen and oxygen atoms in total. The lowest BCUT2D eigenvalue weighted by Crippen LogP contribution is -2.20. The van der Waals surface area contributed by atoms with Crippen LogP contribution in [0.3, 0.4) is 0 Å². The molecule has 0 bridgehead atoms. The smallest absolute Gasteiger partial charge is 0.270 e. The van der Waals surface area contributed by atoms with Crippen molar-refractivity contribution in [3.63, 3.8) is 0 Å². The lowest BCUT2D eigenvalue weighted by atomic mass is 10.1. The standard InChI is InChI=1S/C22H24N2O8/c25-21-15-13-19-20(14-16(15)22(26)24-23-21)32-12-8-28-6-10-30-18-4-2-1-3-17(18)29-9-5-27-7-11-31-19/h1-4,13-14H,5-12H2,(H,23,25)(H,24,26). The van der Waals surface area contributed by atoms with Crippen molar-refractivity contribution in [3.8, 4) is 23.0 Å². The average Bonchev–Trinajstić information content (AvgIpc) is 2.80. The number of hydrogen-bond acceptors (Lipinski definition) is 8. The van der Waals surface area contributed by atoms with Crippen molar-refractivity contribution in [2.45, 2.75) is 0 Å². The van der Waals surface area contributed by atoms with Crippen LogP contribution in [0.2, 0.25) is 0 Å². The SMILES string of the molecule is O=c1[nH][nH]c(=O)c2cc3c(cc12)OCCOCCOc1ccccc1OCCOCCO3. The summed E-state index contributed by atoms with van der Waals surface area (Å²) in [6.45, 7) is 2.45.